The summed E-state index contributed by atoms with van der Waals surface area (Å²) in [4.78, 5) is 19.6. The lowest BCUT2D eigenvalue weighted by Gasteiger charge is -2.06. The van der Waals surface area contributed by atoms with Gasteiger partial charge in [-0.1, -0.05) is 12.1 Å². The van der Waals surface area contributed by atoms with E-state index in [0.717, 1.165) is 22.4 Å². The zero-order chi connectivity index (χ0) is 17.3. The maximum atomic E-state index is 12.2. The van der Waals surface area contributed by atoms with Crippen LogP contribution < -0.4 is 10.5 Å². The third-order valence-corrected chi connectivity index (χ3v) is 4.50. The van der Waals surface area contributed by atoms with E-state index in [2.05, 4.69) is 15.3 Å². The summed E-state index contributed by atoms with van der Waals surface area (Å²) in [6.45, 7) is 2.13. The predicted molar refractivity (Wildman–Crippen MR) is 89.8 cm³/mol. The number of rotatable bonds is 4. The lowest BCUT2D eigenvalue weighted by Crippen LogP contribution is -2.22. The Morgan fingerprint density at radius 3 is 2.58 bits per heavy atom. The number of fused-ring (bicyclic) bond motifs is 1. The van der Waals surface area contributed by atoms with Gasteiger partial charge < -0.3 is 10.3 Å². The fourth-order valence-electron chi connectivity index (χ4n) is 2.36. The van der Waals surface area contributed by atoms with Gasteiger partial charge in [-0.05, 0) is 42.8 Å². The smallest absolute Gasteiger partial charge is 0.251 e. The number of primary sulfonamides is 1. The van der Waals surface area contributed by atoms with Crippen LogP contribution in [0, 0.1) is 6.92 Å². The van der Waals surface area contributed by atoms with Crippen molar-refractivity contribution >= 4 is 27.0 Å². The van der Waals surface area contributed by atoms with Gasteiger partial charge in [-0.15, -0.1) is 0 Å². The molecule has 1 aromatic heterocycles. The minimum atomic E-state index is -3.71. The van der Waals surface area contributed by atoms with Crippen molar-refractivity contribution in [3.63, 3.8) is 0 Å². The fraction of sp³-hybridized carbons (Fsp3) is 0.125. The minimum absolute atomic E-state index is 0.0395. The van der Waals surface area contributed by atoms with E-state index in [0.29, 0.717) is 5.56 Å². The summed E-state index contributed by atoms with van der Waals surface area (Å²) in [5, 5.41) is 7.84. The van der Waals surface area contributed by atoms with Crippen LogP contribution in [0.3, 0.4) is 0 Å². The molecule has 3 rings (SSSR count). The van der Waals surface area contributed by atoms with Gasteiger partial charge >= 0.3 is 0 Å². The third kappa shape index (κ3) is 3.44. The molecule has 0 aliphatic rings. The van der Waals surface area contributed by atoms with Gasteiger partial charge in [-0.25, -0.2) is 18.5 Å². The number of benzene rings is 2. The summed E-state index contributed by atoms with van der Waals surface area (Å²) in [5.41, 5.74) is 2.90. The van der Waals surface area contributed by atoms with Gasteiger partial charge in [0.05, 0.1) is 15.9 Å². The largest absolute Gasteiger partial charge is 0.348 e. The van der Waals surface area contributed by atoms with E-state index in [1.165, 1.54) is 12.1 Å². The van der Waals surface area contributed by atoms with Crippen molar-refractivity contribution in [1.29, 1.82) is 0 Å². The normalized spacial score (nSPS) is 11.6. The van der Waals surface area contributed by atoms with Crippen molar-refractivity contribution in [2.45, 2.75) is 18.4 Å². The second-order valence-electron chi connectivity index (χ2n) is 5.43. The molecule has 0 saturated carbocycles. The number of carbonyl (C=O) groups excluding carboxylic acids is 1. The van der Waals surface area contributed by atoms with Crippen molar-refractivity contribution in [3.05, 3.63) is 59.4 Å². The second kappa shape index (κ2) is 6.06. The molecule has 0 aliphatic heterocycles. The van der Waals surface area contributed by atoms with Crippen molar-refractivity contribution in [2.24, 2.45) is 5.14 Å². The number of H-pyrrole nitrogens is 1. The molecule has 0 radical (unpaired) electrons. The Morgan fingerprint density at radius 2 is 1.92 bits per heavy atom. The van der Waals surface area contributed by atoms with Crippen LogP contribution in [0.2, 0.25) is 0 Å². The Hall–Kier alpha value is -2.71. The van der Waals surface area contributed by atoms with Gasteiger partial charge in [0.25, 0.3) is 5.91 Å². The van der Waals surface area contributed by atoms with Gasteiger partial charge in [0.15, 0.2) is 0 Å². The van der Waals surface area contributed by atoms with Crippen LogP contribution in [0.15, 0.2) is 47.4 Å². The van der Waals surface area contributed by atoms with E-state index >= 15 is 0 Å². The molecular weight excluding hydrogens is 328 g/mol. The second-order valence-corrected chi connectivity index (χ2v) is 6.99. The van der Waals surface area contributed by atoms with Gasteiger partial charge in [0.2, 0.25) is 10.0 Å². The molecule has 4 N–H and O–H groups in total. The number of carbonyl (C=O) groups is 1. The summed E-state index contributed by atoms with van der Waals surface area (Å²) in [6.07, 6.45) is 0. The number of amides is 1. The standard InChI is InChI=1S/C16H16N4O3S/c1-10-19-14-7-4-12(8-15(14)20-10)16(21)18-9-11-2-5-13(6-3-11)24(17,22)23/h2-8H,9H2,1H3,(H,18,21)(H,19,20)(H2,17,22,23). The number of nitrogens with two attached hydrogens (primary N) is 1. The Labute approximate surface area is 139 Å². The van der Waals surface area contributed by atoms with Gasteiger partial charge in [-0.2, -0.15) is 0 Å². The molecule has 3 aromatic rings. The summed E-state index contributed by atoms with van der Waals surface area (Å²) >= 11 is 0. The lowest BCUT2D eigenvalue weighted by molar-refractivity contribution is 0.0951. The predicted octanol–water partition coefficient (Wildman–Crippen LogP) is 1.45. The number of aromatic amines is 1. The lowest BCUT2D eigenvalue weighted by atomic mass is 10.1. The van der Waals surface area contributed by atoms with Crippen molar-refractivity contribution in [3.8, 4) is 0 Å². The molecule has 8 heteroatoms. The summed E-state index contributed by atoms with van der Waals surface area (Å²) < 4.78 is 22.4. The molecule has 0 spiro atoms. The van der Waals surface area contributed by atoms with E-state index < -0.39 is 10.0 Å². The van der Waals surface area contributed by atoms with Crippen LogP contribution in [0.1, 0.15) is 21.7 Å². The maximum absolute atomic E-state index is 12.2. The SMILES string of the molecule is Cc1nc2ccc(C(=O)NCc3ccc(S(N)(=O)=O)cc3)cc2[nH]1. The van der Waals surface area contributed by atoms with Crippen LogP contribution in [0.4, 0.5) is 0 Å². The summed E-state index contributed by atoms with van der Waals surface area (Å²) in [6, 6.07) is 11.3. The number of aryl methyl sites for hydroxylation is 1. The number of imidazole rings is 1. The molecule has 124 valence electrons. The zero-order valence-electron chi connectivity index (χ0n) is 12.9. The highest BCUT2D eigenvalue weighted by molar-refractivity contribution is 7.89. The minimum Gasteiger partial charge on any atom is -0.348 e. The molecule has 7 nitrogen and oxygen atoms in total. The topological polar surface area (TPSA) is 118 Å². The number of hydrogen-bond acceptors (Lipinski definition) is 4. The average molecular weight is 344 g/mol. The molecule has 0 aliphatic carbocycles. The van der Waals surface area contributed by atoms with Crippen LogP contribution in [0.25, 0.3) is 11.0 Å². The molecular formula is C16H16N4O3S. The number of hydrogen-bond donors (Lipinski definition) is 3. The Morgan fingerprint density at radius 1 is 1.21 bits per heavy atom. The highest BCUT2D eigenvalue weighted by Gasteiger charge is 2.09. The van der Waals surface area contributed by atoms with Crippen molar-refractivity contribution < 1.29 is 13.2 Å². The van der Waals surface area contributed by atoms with E-state index in [1.807, 2.05) is 6.92 Å². The maximum Gasteiger partial charge on any atom is 0.251 e. The molecule has 1 heterocycles. The number of aromatic nitrogens is 2. The molecule has 0 atom stereocenters. The first-order valence-electron chi connectivity index (χ1n) is 7.19. The summed E-state index contributed by atoms with van der Waals surface area (Å²) in [7, 11) is -3.71. The Bertz CT molecular complexity index is 1010. The molecule has 2 aromatic carbocycles. The van der Waals surface area contributed by atoms with Gasteiger partial charge in [-0.3, -0.25) is 4.79 Å². The van der Waals surface area contributed by atoms with E-state index in [1.54, 1.807) is 30.3 Å². The monoisotopic (exact) mass is 344 g/mol. The molecule has 0 unspecified atom stereocenters. The molecule has 0 saturated heterocycles. The van der Waals surface area contributed by atoms with Crippen LogP contribution in [-0.2, 0) is 16.6 Å². The zero-order valence-corrected chi connectivity index (χ0v) is 13.7. The molecule has 0 bridgehead atoms. The van der Waals surface area contributed by atoms with Gasteiger partial charge in [0.1, 0.15) is 5.82 Å². The molecule has 1 amide bonds. The van der Waals surface area contributed by atoms with Crippen LogP contribution >= 0.6 is 0 Å². The quantitative estimate of drug-likeness (QED) is 0.664. The Balaban J connectivity index is 1.70. The fourth-order valence-corrected chi connectivity index (χ4v) is 2.88. The highest BCUT2D eigenvalue weighted by atomic mass is 32.2. The molecule has 24 heavy (non-hydrogen) atoms. The van der Waals surface area contributed by atoms with Crippen molar-refractivity contribution in [1.82, 2.24) is 15.3 Å². The van der Waals surface area contributed by atoms with E-state index in [4.69, 9.17) is 5.14 Å². The third-order valence-electron chi connectivity index (χ3n) is 3.57. The first kappa shape index (κ1) is 16.2. The van der Waals surface area contributed by atoms with Gasteiger partial charge in [0, 0.05) is 12.1 Å². The number of nitrogens with zero attached hydrogens (tertiary/aromatic N) is 1. The van der Waals surface area contributed by atoms with Crippen LogP contribution in [0.5, 0.6) is 0 Å². The Kier molecular flexibility index (Phi) is 4.08. The average Bonchev–Trinajstić information content (AvgIpc) is 2.91. The number of sulfonamides is 1. The first-order valence-corrected chi connectivity index (χ1v) is 8.74. The summed E-state index contributed by atoms with van der Waals surface area (Å²) in [5.74, 6) is 0.567. The first-order chi connectivity index (χ1) is 11.3. The molecule has 0 fully saturated rings. The number of nitrogens with one attached hydrogen (secondary N) is 2. The van der Waals surface area contributed by atoms with Crippen molar-refractivity contribution in [2.75, 3.05) is 0 Å². The van der Waals surface area contributed by atoms with E-state index in [9.17, 15) is 13.2 Å². The highest BCUT2D eigenvalue weighted by Crippen LogP contribution is 2.14. The van der Waals surface area contributed by atoms with Crippen LogP contribution in [-0.4, -0.2) is 24.3 Å². The van der Waals surface area contributed by atoms with E-state index in [-0.39, 0.29) is 17.3 Å².